The number of nitrogens with two attached hydrogens (primary N) is 1. The van der Waals surface area contributed by atoms with Crippen molar-refractivity contribution in [3.05, 3.63) is 22.9 Å². The third-order valence-electron chi connectivity index (χ3n) is 3.20. The smallest absolute Gasteiger partial charge is 0.243 e. The van der Waals surface area contributed by atoms with Gasteiger partial charge in [0.1, 0.15) is 18.5 Å². The lowest BCUT2D eigenvalue weighted by molar-refractivity contribution is -0.122. The second-order valence-corrected chi connectivity index (χ2v) is 4.75. The highest BCUT2D eigenvalue weighted by Gasteiger charge is 2.14. The maximum Gasteiger partial charge on any atom is 0.243 e. The Morgan fingerprint density at radius 3 is 3.05 bits per heavy atom. The first kappa shape index (κ1) is 14.3. The molecule has 0 atom stereocenters. The van der Waals surface area contributed by atoms with E-state index >= 15 is 0 Å². The van der Waals surface area contributed by atoms with Gasteiger partial charge in [0, 0.05) is 12.2 Å². The number of hydrogen-bond donors (Lipinski definition) is 2. The number of aryl methyl sites for hydroxylation is 2. The number of carbonyl (C=O) groups is 1. The van der Waals surface area contributed by atoms with Gasteiger partial charge < -0.3 is 15.8 Å². The summed E-state index contributed by atoms with van der Waals surface area (Å²) in [6.07, 6.45) is 4.27. The van der Waals surface area contributed by atoms with Crippen LogP contribution in [-0.4, -0.2) is 30.6 Å². The van der Waals surface area contributed by atoms with Gasteiger partial charge in [-0.25, -0.2) is 4.98 Å². The van der Waals surface area contributed by atoms with Gasteiger partial charge in [-0.05, 0) is 37.3 Å². The molecule has 0 aliphatic heterocycles. The number of nitrogens with zero attached hydrogens (tertiary/aromatic N) is 2. The zero-order valence-corrected chi connectivity index (χ0v) is 11.3. The topological polar surface area (TPSA) is 101 Å². The lowest BCUT2D eigenvalue weighted by Gasteiger charge is -2.17. The van der Waals surface area contributed by atoms with Crippen molar-refractivity contribution in [1.82, 2.24) is 4.98 Å². The van der Waals surface area contributed by atoms with Crippen LogP contribution in [0.1, 0.15) is 29.7 Å². The molecule has 6 heteroatoms. The van der Waals surface area contributed by atoms with Crippen LogP contribution in [-0.2, 0) is 22.4 Å². The minimum atomic E-state index is -0.491. The number of nitrogens with one attached hydrogen (secondary N) is 1. The summed E-state index contributed by atoms with van der Waals surface area (Å²) >= 11 is 0. The number of anilines is 1. The average Bonchev–Trinajstić information content (AvgIpc) is 2.45. The fraction of sp³-hybridized carbons (Fsp3) is 0.500. The third kappa shape index (κ3) is 3.68. The molecule has 1 heterocycles. The number of pyridine rings is 1. The number of aromatic nitrogens is 1. The molecular formula is C14H18N4O2. The minimum absolute atomic E-state index is 0.0929. The van der Waals surface area contributed by atoms with E-state index in [1.54, 1.807) is 0 Å². The molecule has 0 fully saturated rings. The Morgan fingerprint density at radius 1 is 1.50 bits per heavy atom. The summed E-state index contributed by atoms with van der Waals surface area (Å²) in [5.41, 5.74) is 7.79. The van der Waals surface area contributed by atoms with Crippen molar-refractivity contribution in [2.24, 2.45) is 5.73 Å². The highest BCUT2D eigenvalue weighted by Crippen LogP contribution is 2.24. The summed E-state index contributed by atoms with van der Waals surface area (Å²) in [6, 6.07) is 4.09. The van der Waals surface area contributed by atoms with E-state index in [1.165, 1.54) is 5.56 Å². The number of amides is 1. The van der Waals surface area contributed by atoms with Crippen molar-refractivity contribution in [1.29, 1.82) is 5.26 Å². The van der Waals surface area contributed by atoms with Crippen molar-refractivity contribution >= 4 is 11.7 Å². The molecule has 106 valence electrons. The SMILES string of the molecule is N#Cc1cc2c(nc1NCCOCC(N)=O)CCCC2. The Hall–Kier alpha value is -2.13. The standard InChI is InChI=1S/C14H18N4O2/c15-8-11-7-10-3-1-2-4-12(10)18-14(11)17-5-6-20-9-13(16)19/h7H,1-6,9H2,(H2,16,19)(H,17,18). The van der Waals surface area contributed by atoms with E-state index in [-0.39, 0.29) is 6.61 Å². The molecule has 20 heavy (non-hydrogen) atoms. The first-order valence-corrected chi connectivity index (χ1v) is 6.73. The average molecular weight is 274 g/mol. The van der Waals surface area contributed by atoms with Crippen molar-refractivity contribution in [2.75, 3.05) is 25.1 Å². The lowest BCUT2D eigenvalue weighted by atomic mass is 9.95. The van der Waals surface area contributed by atoms with Gasteiger partial charge in [0.25, 0.3) is 0 Å². The molecule has 0 bridgehead atoms. The number of carbonyl (C=O) groups excluding carboxylic acids is 1. The van der Waals surface area contributed by atoms with Crippen LogP contribution < -0.4 is 11.1 Å². The van der Waals surface area contributed by atoms with E-state index in [4.69, 9.17) is 10.5 Å². The Balaban J connectivity index is 1.96. The Kier molecular flexibility index (Phi) is 4.91. The van der Waals surface area contributed by atoms with Crippen LogP contribution in [0.3, 0.4) is 0 Å². The summed E-state index contributed by atoms with van der Waals surface area (Å²) < 4.78 is 5.06. The molecule has 1 aromatic heterocycles. The molecule has 0 unspecified atom stereocenters. The summed E-state index contributed by atoms with van der Waals surface area (Å²) in [6.45, 7) is 0.727. The molecule has 0 saturated heterocycles. The number of hydrogen-bond acceptors (Lipinski definition) is 5. The highest BCUT2D eigenvalue weighted by atomic mass is 16.5. The van der Waals surface area contributed by atoms with Gasteiger partial charge in [-0.3, -0.25) is 4.79 Å². The summed E-state index contributed by atoms with van der Waals surface area (Å²) in [5, 5.41) is 12.3. The number of primary amides is 1. The highest BCUT2D eigenvalue weighted by molar-refractivity contribution is 5.74. The van der Waals surface area contributed by atoms with Crippen LogP contribution in [0.4, 0.5) is 5.82 Å². The van der Waals surface area contributed by atoms with E-state index in [9.17, 15) is 10.1 Å². The van der Waals surface area contributed by atoms with Crippen LogP contribution in [0.5, 0.6) is 0 Å². The molecule has 1 amide bonds. The molecule has 1 aliphatic rings. The molecule has 0 spiro atoms. The largest absolute Gasteiger partial charge is 0.370 e. The van der Waals surface area contributed by atoms with Gasteiger partial charge in [-0.15, -0.1) is 0 Å². The quantitative estimate of drug-likeness (QED) is 0.745. The van der Waals surface area contributed by atoms with Crippen LogP contribution >= 0.6 is 0 Å². The monoisotopic (exact) mass is 274 g/mol. The van der Waals surface area contributed by atoms with Gasteiger partial charge in [-0.1, -0.05) is 0 Å². The van der Waals surface area contributed by atoms with E-state index < -0.39 is 5.91 Å². The molecule has 6 nitrogen and oxygen atoms in total. The third-order valence-corrected chi connectivity index (χ3v) is 3.20. The van der Waals surface area contributed by atoms with Gasteiger partial charge in [0.05, 0.1) is 12.2 Å². The van der Waals surface area contributed by atoms with Gasteiger partial charge >= 0.3 is 0 Å². The van der Waals surface area contributed by atoms with Gasteiger partial charge in [0.15, 0.2) is 0 Å². The number of rotatable bonds is 6. The minimum Gasteiger partial charge on any atom is -0.370 e. The van der Waals surface area contributed by atoms with Crippen molar-refractivity contribution < 1.29 is 9.53 Å². The number of ether oxygens (including phenoxy) is 1. The normalized spacial score (nSPS) is 13.3. The van der Waals surface area contributed by atoms with Crippen LogP contribution in [0.15, 0.2) is 6.07 Å². The predicted molar refractivity (Wildman–Crippen MR) is 74.1 cm³/mol. The van der Waals surface area contributed by atoms with Crippen LogP contribution in [0, 0.1) is 11.3 Å². The first-order valence-electron chi connectivity index (χ1n) is 6.73. The van der Waals surface area contributed by atoms with Gasteiger partial charge in [0.2, 0.25) is 5.91 Å². The Labute approximate surface area is 117 Å². The fourth-order valence-electron chi connectivity index (χ4n) is 2.27. The molecule has 2 rings (SSSR count). The molecule has 0 saturated carbocycles. The molecule has 3 N–H and O–H groups in total. The number of nitriles is 1. The fourth-order valence-corrected chi connectivity index (χ4v) is 2.27. The Morgan fingerprint density at radius 2 is 2.30 bits per heavy atom. The van der Waals surface area contributed by atoms with Gasteiger partial charge in [-0.2, -0.15) is 5.26 Å². The van der Waals surface area contributed by atoms with Crippen molar-refractivity contribution in [3.63, 3.8) is 0 Å². The summed E-state index contributed by atoms with van der Waals surface area (Å²) in [7, 11) is 0. The van der Waals surface area contributed by atoms with Crippen molar-refractivity contribution in [3.8, 4) is 6.07 Å². The second kappa shape index (κ2) is 6.87. The van der Waals surface area contributed by atoms with Crippen molar-refractivity contribution in [2.45, 2.75) is 25.7 Å². The van der Waals surface area contributed by atoms with Crippen LogP contribution in [0.2, 0.25) is 0 Å². The van der Waals surface area contributed by atoms with E-state index in [0.717, 1.165) is 31.4 Å². The molecule has 1 aliphatic carbocycles. The summed E-state index contributed by atoms with van der Waals surface area (Å²) in [5.74, 6) is 0.102. The number of fused-ring (bicyclic) bond motifs is 1. The molecule has 0 aromatic carbocycles. The molecule has 1 aromatic rings. The molecular weight excluding hydrogens is 256 g/mol. The van der Waals surface area contributed by atoms with E-state index in [2.05, 4.69) is 16.4 Å². The van der Waals surface area contributed by atoms with E-state index in [0.29, 0.717) is 24.5 Å². The lowest BCUT2D eigenvalue weighted by Crippen LogP contribution is -2.21. The van der Waals surface area contributed by atoms with Crippen LogP contribution in [0.25, 0.3) is 0 Å². The predicted octanol–water partition coefficient (Wildman–Crippen LogP) is 0.746. The zero-order chi connectivity index (χ0) is 14.4. The maximum atomic E-state index is 10.5. The Bertz CT molecular complexity index is 537. The maximum absolute atomic E-state index is 10.5. The summed E-state index contributed by atoms with van der Waals surface area (Å²) in [4.78, 5) is 15.1. The zero-order valence-electron chi connectivity index (χ0n) is 11.3. The molecule has 0 radical (unpaired) electrons. The second-order valence-electron chi connectivity index (χ2n) is 4.75. The van der Waals surface area contributed by atoms with E-state index in [1.807, 2.05) is 6.07 Å². The first-order chi connectivity index (χ1) is 9.70.